The zero-order chi connectivity index (χ0) is 13.2. The highest BCUT2D eigenvalue weighted by molar-refractivity contribution is 7.99. The fraction of sp³-hybridized carbons (Fsp3) is 0.600. The lowest BCUT2D eigenvalue weighted by atomic mass is 10.2. The summed E-state index contributed by atoms with van der Waals surface area (Å²) in [5.41, 5.74) is 1.42. The first-order chi connectivity index (χ1) is 8.81. The van der Waals surface area contributed by atoms with E-state index in [1.807, 2.05) is 11.8 Å². The van der Waals surface area contributed by atoms with E-state index in [1.165, 1.54) is 22.8 Å². The predicted octanol–water partition coefficient (Wildman–Crippen LogP) is 3.23. The van der Waals surface area contributed by atoms with Crippen molar-refractivity contribution in [1.29, 1.82) is 0 Å². The van der Waals surface area contributed by atoms with Crippen LogP contribution in [0.15, 0.2) is 29.2 Å². The molecular formula is C15H26N2S. The van der Waals surface area contributed by atoms with E-state index in [0.29, 0.717) is 0 Å². The highest BCUT2D eigenvalue weighted by atomic mass is 32.2. The maximum absolute atomic E-state index is 3.40. The quantitative estimate of drug-likeness (QED) is 0.691. The van der Waals surface area contributed by atoms with E-state index >= 15 is 0 Å². The molecule has 18 heavy (non-hydrogen) atoms. The van der Waals surface area contributed by atoms with Crippen LogP contribution in [0, 0.1) is 0 Å². The molecule has 0 heterocycles. The molecule has 0 saturated carbocycles. The van der Waals surface area contributed by atoms with Crippen molar-refractivity contribution in [2.24, 2.45) is 0 Å². The molecule has 2 nitrogen and oxygen atoms in total. The van der Waals surface area contributed by atoms with Gasteiger partial charge in [-0.2, -0.15) is 0 Å². The summed E-state index contributed by atoms with van der Waals surface area (Å²) in [6.07, 6.45) is 0. The van der Waals surface area contributed by atoms with Crippen LogP contribution in [-0.4, -0.2) is 36.8 Å². The lowest BCUT2D eigenvalue weighted by Gasteiger charge is -2.18. The van der Waals surface area contributed by atoms with E-state index in [2.05, 4.69) is 55.3 Å². The molecule has 0 aliphatic carbocycles. The van der Waals surface area contributed by atoms with Crippen molar-refractivity contribution in [3.05, 3.63) is 29.8 Å². The Bertz CT molecular complexity index is 324. The number of benzene rings is 1. The van der Waals surface area contributed by atoms with Crippen LogP contribution in [-0.2, 0) is 6.54 Å². The van der Waals surface area contributed by atoms with Crippen LogP contribution in [0.3, 0.4) is 0 Å². The van der Waals surface area contributed by atoms with Crippen LogP contribution in [0.1, 0.15) is 26.3 Å². The zero-order valence-corrected chi connectivity index (χ0v) is 12.7. The van der Waals surface area contributed by atoms with Crippen molar-refractivity contribution < 1.29 is 0 Å². The van der Waals surface area contributed by atoms with Crippen LogP contribution in [0.25, 0.3) is 0 Å². The van der Waals surface area contributed by atoms with Gasteiger partial charge in [0.05, 0.1) is 0 Å². The number of thioether (sulfide) groups is 1. The van der Waals surface area contributed by atoms with Gasteiger partial charge in [-0.15, -0.1) is 11.8 Å². The standard InChI is InChI=1S/C15H26N2S/c1-4-16-13-14-9-7-8-10-15(14)18-12-11-17(5-2)6-3/h7-10,16H,4-6,11-13H2,1-3H3. The van der Waals surface area contributed by atoms with Crippen molar-refractivity contribution in [1.82, 2.24) is 10.2 Å². The van der Waals surface area contributed by atoms with Crippen LogP contribution >= 0.6 is 11.8 Å². The second-order valence-corrected chi connectivity index (χ2v) is 5.40. The van der Waals surface area contributed by atoms with E-state index in [9.17, 15) is 0 Å². The van der Waals surface area contributed by atoms with Crippen molar-refractivity contribution in [2.75, 3.05) is 31.9 Å². The molecule has 0 bridgehead atoms. The summed E-state index contributed by atoms with van der Waals surface area (Å²) in [7, 11) is 0. The smallest absolute Gasteiger partial charge is 0.0216 e. The molecule has 102 valence electrons. The Labute approximate surface area is 116 Å². The molecule has 0 radical (unpaired) electrons. The predicted molar refractivity (Wildman–Crippen MR) is 82.3 cm³/mol. The van der Waals surface area contributed by atoms with Gasteiger partial charge in [-0.3, -0.25) is 0 Å². The summed E-state index contributed by atoms with van der Waals surface area (Å²) >= 11 is 1.97. The van der Waals surface area contributed by atoms with Crippen molar-refractivity contribution >= 4 is 11.8 Å². The monoisotopic (exact) mass is 266 g/mol. The summed E-state index contributed by atoms with van der Waals surface area (Å²) in [5.74, 6) is 1.17. The molecule has 0 aliphatic heterocycles. The number of nitrogens with one attached hydrogen (secondary N) is 1. The van der Waals surface area contributed by atoms with E-state index in [1.54, 1.807) is 0 Å². The Morgan fingerprint density at radius 2 is 1.83 bits per heavy atom. The lowest BCUT2D eigenvalue weighted by molar-refractivity contribution is 0.324. The van der Waals surface area contributed by atoms with Gasteiger partial charge >= 0.3 is 0 Å². The third kappa shape index (κ3) is 5.42. The summed E-state index contributed by atoms with van der Waals surface area (Å²) in [6.45, 7) is 12.1. The largest absolute Gasteiger partial charge is 0.313 e. The maximum atomic E-state index is 3.40. The summed E-state index contributed by atoms with van der Waals surface area (Å²) < 4.78 is 0. The van der Waals surface area contributed by atoms with Crippen LogP contribution in [0.5, 0.6) is 0 Å². The van der Waals surface area contributed by atoms with Gasteiger partial charge in [-0.1, -0.05) is 39.0 Å². The second kappa shape index (κ2) is 9.42. The Balaban J connectivity index is 2.45. The Morgan fingerprint density at radius 3 is 2.50 bits per heavy atom. The fourth-order valence-electron chi connectivity index (χ4n) is 1.87. The normalized spacial score (nSPS) is 11.1. The minimum Gasteiger partial charge on any atom is -0.313 e. The molecule has 0 spiro atoms. The van der Waals surface area contributed by atoms with Crippen molar-refractivity contribution in [3.63, 3.8) is 0 Å². The maximum Gasteiger partial charge on any atom is 0.0216 e. The molecule has 1 N–H and O–H groups in total. The summed E-state index contributed by atoms with van der Waals surface area (Å²) in [4.78, 5) is 3.89. The first-order valence-electron chi connectivity index (χ1n) is 6.95. The minimum atomic E-state index is 0.977. The highest BCUT2D eigenvalue weighted by Gasteiger charge is 2.03. The molecule has 0 atom stereocenters. The van der Waals surface area contributed by atoms with E-state index in [4.69, 9.17) is 0 Å². The van der Waals surface area contributed by atoms with Gasteiger partial charge in [0.1, 0.15) is 0 Å². The lowest BCUT2D eigenvalue weighted by Crippen LogP contribution is -2.25. The van der Waals surface area contributed by atoms with Gasteiger partial charge < -0.3 is 10.2 Å². The van der Waals surface area contributed by atoms with Gasteiger partial charge in [0.15, 0.2) is 0 Å². The summed E-state index contributed by atoms with van der Waals surface area (Å²) in [5, 5.41) is 3.40. The summed E-state index contributed by atoms with van der Waals surface area (Å²) in [6, 6.07) is 8.72. The van der Waals surface area contributed by atoms with Crippen LogP contribution in [0.2, 0.25) is 0 Å². The van der Waals surface area contributed by atoms with E-state index < -0.39 is 0 Å². The van der Waals surface area contributed by atoms with E-state index in [-0.39, 0.29) is 0 Å². The van der Waals surface area contributed by atoms with Gasteiger partial charge in [0.25, 0.3) is 0 Å². The number of rotatable bonds is 9. The van der Waals surface area contributed by atoms with Gasteiger partial charge in [-0.25, -0.2) is 0 Å². The molecule has 0 amide bonds. The molecule has 0 aromatic heterocycles. The molecule has 0 unspecified atom stereocenters. The second-order valence-electron chi connectivity index (χ2n) is 4.26. The highest BCUT2D eigenvalue weighted by Crippen LogP contribution is 2.22. The Kier molecular flexibility index (Phi) is 8.14. The first-order valence-corrected chi connectivity index (χ1v) is 7.94. The zero-order valence-electron chi connectivity index (χ0n) is 11.9. The minimum absolute atomic E-state index is 0.977. The van der Waals surface area contributed by atoms with Gasteiger partial charge in [-0.05, 0) is 31.3 Å². The van der Waals surface area contributed by atoms with Crippen molar-refractivity contribution in [3.8, 4) is 0 Å². The molecular weight excluding hydrogens is 240 g/mol. The average molecular weight is 266 g/mol. The number of nitrogens with zero attached hydrogens (tertiary/aromatic N) is 1. The Morgan fingerprint density at radius 1 is 1.11 bits per heavy atom. The molecule has 1 aromatic rings. The van der Waals surface area contributed by atoms with E-state index in [0.717, 1.165) is 26.2 Å². The molecule has 0 aliphatic rings. The topological polar surface area (TPSA) is 15.3 Å². The van der Waals surface area contributed by atoms with Gasteiger partial charge in [0.2, 0.25) is 0 Å². The third-order valence-electron chi connectivity index (χ3n) is 3.10. The third-order valence-corrected chi connectivity index (χ3v) is 4.19. The molecule has 3 heteroatoms. The molecule has 0 fully saturated rings. The van der Waals surface area contributed by atoms with Crippen LogP contribution in [0.4, 0.5) is 0 Å². The molecule has 0 saturated heterocycles. The average Bonchev–Trinajstić information content (AvgIpc) is 2.42. The van der Waals surface area contributed by atoms with Crippen LogP contribution < -0.4 is 5.32 Å². The fourth-order valence-corrected chi connectivity index (χ4v) is 2.94. The molecule has 1 aromatic carbocycles. The van der Waals surface area contributed by atoms with Crippen molar-refractivity contribution in [2.45, 2.75) is 32.2 Å². The molecule has 1 rings (SSSR count). The Hall–Kier alpha value is -0.510. The van der Waals surface area contributed by atoms with Gasteiger partial charge in [0, 0.05) is 23.7 Å². The first kappa shape index (κ1) is 15.5. The number of hydrogen-bond donors (Lipinski definition) is 1. The SMILES string of the molecule is CCNCc1ccccc1SCCN(CC)CC. The number of hydrogen-bond acceptors (Lipinski definition) is 3.